The zero-order valence-electron chi connectivity index (χ0n) is 22.9. The molecule has 2 aromatic carbocycles. The summed E-state index contributed by atoms with van der Waals surface area (Å²) in [6, 6.07) is 9.73. The van der Waals surface area contributed by atoms with E-state index in [1.807, 2.05) is 0 Å². The van der Waals surface area contributed by atoms with Crippen LogP contribution in [0.2, 0.25) is 0 Å². The number of aromatic nitrogens is 2. The van der Waals surface area contributed by atoms with Gasteiger partial charge in [0.05, 0.1) is 40.7 Å². The summed E-state index contributed by atoms with van der Waals surface area (Å²) in [6.07, 6.45) is 2.27. The Kier molecular flexibility index (Phi) is 12.2. The van der Waals surface area contributed by atoms with Crippen LogP contribution in [0.15, 0.2) is 58.4 Å². The molecule has 14 heteroatoms. The summed E-state index contributed by atoms with van der Waals surface area (Å²) in [5, 5.41) is 4.86. The molecule has 3 rings (SSSR count). The molecule has 0 aliphatic rings. The van der Waals surface area contributed by atoms with Gasteiger partial charge in [-0.25, -0.2) is 0 Å². The Morgan fingerprint density at radius 3 is 1.95 bits per heavy atom. The van der Waals surface area contributed by atoms with Crippen LogP contribution in [0, 0.1) is 0 Å². The van der Waals surface area contributed by atoms with Crippen molar-refractivity contribution >= 4 is 17.5 Å². The SMILES string of the molecule is COc1ccc(-n2cc[nH]c(=O)c2=O)cc1OC.COc1ccc(NC(=O)C(=O)NCC(OC)OC)cc1OC. The number of nitrogens with zero attached hydrogens (tertiary/aromatic N) is 1. The maximum atomic E-state index is 11.8. The lowest BCUT2D eigenvalue weighted by molar-refractivity contribution is -0.139. The van der Waals surface area contributed by atoms with Crippen molar-refractivity contribution in [3.63, 3.8) is 0 Å². The number of rotatable bonds is 10. The molecule has 1 heterocycles. The number of ether oxygens (including phenoxy) is 6. The highest BCUT2D eigenvalue weighted by molar-refractivity contribution is 6.39. The summed E-state index contributed by atoms with van der Waals surface area (Å²) in [5.74, 6) is 0.404. The van der Waals surface area contributed by atoms with Crippen molar-refractivity contribution in [3.05, 3.63) is 69.5 Å². The number of carbonyl (C=O) groups excluding carboxylic acids is 2. The van der Waals surface area contributed by atoms with Gasteiger partial charge in [0, 0.05) is 44.4 Å². The van der Waals surface area contributed by atoms with E-state index in [1.165, 1.54) is 59.6 Å². The minimum atomic E-state index is -0.807. The third kappa shape index (κ3) is 8.34. The first kappa shape index (κ1) is 31.4. The van der Waals surface area contributed by atoms with E-state index in [0.717, 1.165) is 0 Å². The Labute approximate surface area is 229 Å². The number of anilines is 1. The topological polar surface area (TPSA) is 168 Å². The van der Waals surface area contributed by atoms with Crippen LogP contribution in [-0.4, -0.2) is 76.9 Å². The average Bonchev–Trinajstić information content (AvgIpc) is 2.98. The molecule has 0 atom stereocenters. The minimum Gasteiger partial charge on any atom is -0.493 e. The van der Waals surface area contributed by atoms with Crippen molar-refractivity contribution in [3.8, 4) is 28.7 Å². The highest BCUT2D eigenvalue weighted by Crippen LogP contribution is 2.30. The third-order valence-corrected chi connectivity index (χ3v) is 5.30. The lowest BCUT2D eigenvalue weighted by atomic mass is 10.2. The number of carbonyl (C=O) groups is 2. The second kappa shape index (κ2) is 15.6. The van der Waals surface area contributed by atoms with Crippen molar-refractivity contribution in [2.75, 3.05) is 54.5 Å². The predicted molar refractivity (Wildman–Crippen MR) is 145 cm³/mol. The molecule has 216 valence electrons. The first-order chi connectivity index (χ1) is 19.2. The molecule has 14 nitrogen and oxygen atoms in total. The molecule has 0 aliphatic heterocycles. The number of hydrogen-bond acceptors (Lipinski definition) is 10. The smallest absolute Gasteiger partial charge is 0.320 e. The standard InChI is InChI=1S/C14H20N2O6.C12H12N2O4/c1-19-10-6-5-9(7-11(10)20-2)16-14(18)13(17)15-8-12(21-3)22-4;1-17-9-4-3-8(7-10(9)18-2)14-6-5-13-11(15)12(14)16/h5-7,12H,8H2,1-4H3,(H,15,17)(H,16,18);3-7H,1-2H3,(H,13,15). The zero-order valence-corrected chi connectivity index (χ0v) is 22.9. The van der Waals surface area contributed by atoms with Crippen LogP contribution in [0.5, 0.6) is 23.0 Å². The monoisotopic (exact) mass is 560 g/mol. The summed E-state index contributed by atoms with van der Waals surface area (Å²) < 4.78 is 31.5. The zero-order chi connectivity index (χ0) is 29.7. The summed E-state index contributed by atoms with van der Waals surface area (Å²) in [6.45, 7) is 0.0607. The van der Waals surface area contributed by atoms with Gasteiger partial charge in [0.15, 0.2) is 29.3 Å². The van der Waals surface area contributed by atoms with Crippen molar-refractivity contribution < 1.29 is 38.0 Å². The Morgan fingerprint density at radius 1 is 0.800 bits per heavy atom. The van der Waals surface area contributed by atoms with Crippen LogP contribution >= 0.6 is 0 Å². The van der Waals surface area contributed by atoms with Gasteiger partial charge in [0.25, 0.3) is 0 Å². The Morgan fingerprint density at radius 2 is 1.38 bits per heavy atom. The highest BCUT2D eigenvalue weighted by atomic mass is 16.7. The lowest BCUT2D eigenvalue weighted by Crippen LogP contribution is -2.40. The van der Waals surface area contributed by atoms with E-state index in [1.54, 1.807) is 36.4 Å². The molecule has 0 unspecified atom stereocenters. The predicted octanol–water partition coefficient (Wildman–Crippen LogP) is 0.920. The average molecular weight is 561 g/mol. The number of amides is 2. The number of methoxy groups -OCH3 is 6. The summed E-state index contributed by atoms with van der Waals surface area (Å²) in [7, 11) is 8.88. The maximum absolute atomic E-state index is 11.8. The van der Waals surface area contributed by atoms with Crippen LogP contribution in [0.3, 0.4) is 0 Å². The summed E-state index contributed by atoms with van der Waals surface area (Å²) in [5.41, 5.74) is -0.381. The minimum absolute atomic E-state index is 0.0607. The van der Waals surface area contributed by atoms with Crippen molar-refractivity contribution in [2.45, 2.75) is 6.29 Å². The number of H-pyrrole nitrogens is 1. The molecule has 0 aliphatic carbocycles. The molecule has 40 heavy (non-hydrogen) atoms. The first-order valence-corrected chi connectivity index (χ1v) is 11.6. The fraction of sp³-hybridized carbons (Fsp3) is 0.308. The number of aromatic amines is 1. The van der Waals surface area contributed by atoms with Gasteiger partial charge in [0.1, 0.15) is 0 Å². The van der Waals surface area contributed by atoms with Gasteiger partial charge < -0.3 is 44.0 Å². The third-order valence-electron chi connectivity index (χ3n) is 5.30. The molecule has 3 N–H and O–H groups in total. The van der Waals surface area contributed by atoms with E-state index in [-0.39, 0.29) is 6.54 Å². The van der Waals surface area contributed by atoms with E-state index < -0.39 is 29.2 Å². The number of hydrogen-bond donors (Lipinski definition) is 3. The Balaban J connectivity index is 0.000000285. The van der Waals surface area contributed by atoms with Crippen molar-refractivity contribution in [1.29, 1.82) is 0 Å². The van der Waals surface area contributed by atoms with Crippen LogP contribution in [0.1, 0.15) is 0 Å². The fourth-order valence-corrected chi connectivity index (χ4v) is 3.23. The normalized spacial score (nSPS) is 10.2. The van der Waals surface area contributed by atoms with Crippen molar-refractivity contribution in [1.82, 2.24) is 14.9 Å². The number of nitrogens with one attached hydrogen (secondary N) is 3. The Hall–Kier alpha value is -4.82. The van der Waals surface area contributed by atoms with E-state index in [9.17, 15) is 19.2 Å². The first-order valence-electron chi connectivity index (χ1n) is 11.6. The molecule has 2 amide bonds. The lowest BCUT2D eigenvalue weighted by Gasteiger charge is -2.14. The molecule has 0 saturated heterocycles. The second-order valence-electron chi connectivity index (χ2n) is 7.64. The van der Waals surface area contributed by atoms with Crippen molar-refractivity contribution in [2.24, 2.45) is 0 Å². The van der Waals surface area contributed by atoms with Gasteiger partial charge >= 0.3 is 22.9 Å². The largest absolute Gasteiger partial charge is 0.493 e. The molecule has 1 aromatic heterocycles. The van der Waals surface area contributed by atoms with Crippen LogP contribution < -0.4 is 40.7 Å². The van der Waals surface area contributed by atoms with Crippen LogP contribution in [0.4, 0.5) is 5.69 Å². The molecule has 0 spiro atoms. The van der Waals surface area contributed by atoms with Gasteiger partial charge in [-0.05, 0) is 24.3 Å². The van der Waals surface area contributed by atoms with Crippen LogP contribution in [0.25, 0.3) is 5.69 Å². The van der Waals surface area contributed by atoms with Crippen LogP contribution in [-0.2, 0) is 19.1 Å². The highest BCUT2D eigenvalue weighted by Gasteiger charge is 2.16. The van der Waals surface area contributed by atoms with Gasteiger partial charge in [-0.1, -0.05) is 0 Å². The summed E-state index contributed by atoms with van der Waals surface area (Å²) in [4.78, 5) is 48.7. The fourth-order valence-electron chi connectivity index (χ4n) is 3.23. The van der Waals surface area contributed by atoms with E-state index >= 15 is 0 Å². The molecule has 0 saturated carbocycles. The van der Waals surface area contributed by atoms with E-state index in [4.69, 9.17) is 28.4 Å². The van der Waals surface area contributed by atoms with Gasteiger partial charge in [0.2, 0.25) is 0 Å². The molecule has 0 bridgehead atoms. The summed E-state index contributed by atoms with van der Waals surface area (Å²) >= 11 is 0. The van der Waals surface area contributed by atoms with Gasteiger partial charge in [-0.3, -0.25) is 23.7 Å². The maximum Gasteiger partial charge on any atom is 0.320 e. The second-order valence-corrected chi connectivity index (χ2v) is 7.64. The Bertz CT molecular complexity index is 1400. The quantitative estimate of drug-likeness (QED) is 0.239. The van der Waals surface area contributed by atoms with E-state index in [0.29, 0.717) is 34.4 Å². The molecule has 0 radical (unpaired) electrons. The van der Waals surface area contributed by atoms with E-state index in [2.05, 4.69) is 15.6 Å². The molecule has 0 fully saturated rings. The van der Waals surface area contributed by atoms with Gasteiger partial charge in [-0.2, -0.15) is 0 Å². The molecular weight excluding hydrogens is 528 g/mol. The molecule has 3 aromatic rings. The van der Waals surface area contributed by atoms with Gasteiger partial charge in [-0.15, -0.1) is 0 Å². The molecular formula is C26H32N4O10. The number of benzene rings is 2.